The molecule has 1 atom stereocenters. The van der Waals surface area contributed by atoms with Crippen molar-refractivity contribution in [3.8, 4) is 0 Å². The third kappa shape index (κ3) is 4.58. The minimum atomic E-state index is 0.163. The topological polar surface area (TPSA) is 44.4 Å². The molecule has 2 heterocycles. The van der Waals surface area contributed by atoms with Gasteiger partial charge in [-0.3, -0.25) is 9.69 Å². The lowest BCUT2D eigenvalue weighted by molar-refractivity contribution is -0.116. The van der Waals surface area contributed by atoms with Gasteiger partial charge in [0.15, 0.2) is 0 Å². The maximum absolute atomic E-state index is 12.3. The lowest BCUT2D eigenvalue weighted by Crippen LogP contribution is -2.19. The van der Waals surface area contributed by atoms with E-state index in [0.717, 1.165) is 50.7 Å². The van der Waals surface area contributed by atoms with Gasteiger partial charge in [-0.2, -0.15) is 0 Å². The van der Waals surface area contributed by atoms with E-state index >= 15 is 0 Å². The summed E-state index contributed by atoms with van der Waals surface area (Å²) in [5.41, 5.74) is 3.71. The first kappa shape index (κ1) is 17.4. The Labute approximate surface area is 146 Å². The summed E-state index contributed by atoms with van der Waals surface area (Å²) in [7, 11) is 0. The van der Waals surface area contributed by atoms with E-state index in [0.29, 0.717) is 12.3 Å². The number of hydrogen-bond acceptors (Lipinski definition) is 3. The number of nitrogens with one attached hydrogen (secondary N) is 2. The number of fused-ring (bicyclic) bond motifs is 1. The van der Waals surface area contributed by atoms with E-state index in [1.54, 1.807) is 0 Å². The molecule has 2 aliphatic heterocycles. The molecule has 0 radical (unpaired) electrons. The van der Waals surface area contributed by atoms with Gasteiger partial charge in [0.05, 0.1) is 0 Å². The van der Waals surface area contributed by atoms with Crippen LogP contribution in [0.1, 0.15) is 50.7 Å². The van der Waals surface area contributed by atoms with Gasteiger partial charge < -0.3 is 10.6 Å². The van der Waals surface area contributed by atoms with Gasteiger partial charge in [0.25, 0.3) is 0 Å². The first-order chi connectivity index (χ1) is 11.6. The number of anilines is 1. The Morgan fingerprint density at radius 2 is 2.25 bits per heavy atom. The maximum atomic E-state index is 12.3. The van der Waals surface area contributed by atoms with Crippen molar-refractivity contribution in [2.75, 3.05) is 25.0 Å². The molecule has 0 saturated carbocycles. The zero-order valence-electron chi connectivity index (χ0n) is 15.1. The normalized spacial score (nSPS) is 20.5. The fourth-order valence-corrected chi connectivity index (χ4v) is 3.71. The molecule has 1 amide bonds. The molecule has 1 unspecified atom stereocenters. The van der Waals surface area contributed by atoms with Gasteiger partial charge in [-0.15, -0.1) is 0 Å². The maximum Gasteiger partial charge on any atom is 0.224 e. The monoisotopic (exact) mass is 329 g/mol. The molecular formula is C20H31N3O. The number of carbonyl (C=O) groups excluding carboxylic acids is 1. The van der Waals surface area contributed by atoms with Gasteiger partial charge in [-0.1, -0.05) is 26.0 Å². The minimum absolute atomic E-state index is 0.163. The van der Waals surface area contributed by atoms with Gasteiger partial charge in [0, 0.05) is 25.2 Å². The van der Waals surface area contributed by atoms with Crippen LogP contribution in [0.2, 0.25) is 0 Å². The van der Waals surface area contributed by atoms with Crippen molar-refractivity contribution in [3.05, 3.63) is 29.3 Å². The van der Waals surface area contributed by atoms with E-state index in [9.17, 15) is 4.79 Å². The van der Waals surface area contributed by atoms with E-state index in [1.165, 1.54) is 24.0 Å². The van der Waals surface area contributed by atoms with Crippen molar-refractivity contribution in [2.45, 2.75) is 52.6 Å². The summed E-state index contributed by atoms with van der Waals surface area (Å²) in [6.07, 6.45) is 4.06. The smallest absolute Gasteiger partial charge is 0.224 e. The molecule has 3 rings (SSSR count). The zero-order chi connectivity index (χ0) is 16.9. The van der Waals surface area contributed by atoms with E-state index in [4.69, 9.17) is 0 Å². The molecular weight excluding hydrogens is 298 g/mol. The van der Waals surface area contributed by atoms with Crippen molar-refractivity contribution >= 4 is 11.6 Å². The molecule has 2 N–H and O–H groups in total. The van der Waals surface area contributed by atoms with Crippen molar-refractivity contribution < 1.29 is 4.79 Å². The predicted octanol–water partition coefficient (Wildman–Crippen LogP) is 3.38. The SMILES string of the molecule is CC(C)CCN1Cc2cccc(NC(=O)CCC3CCNC3)c2C1. The molecule has 4 heteroatoms. The third-order valence-corrected chi connectivity index (χ3v) is 5.29. The summed E-state index contributed by atoms with van der Waals surface area (Å²) in [6, 6.07) is 6.33. The second-order valence-electron chi connectivity index (χ2n) is 7.78. The summed E-state index contributed by atoms with van der Waals surface area (Å²) < 4.78 is 0. The first-order valence-electron chi connectivity index (χ1n) is 9.45. The Balaban J connectivity index is 1.54. The Bertz CT molecular complexity index is 564. The highest BCUT2D eigenvalue weighted by atomic mass is 16.1. The Morgan fingerprint density at radius 3 is 3.00 bits per heavy atom. The summed E-state index contributed by atoms with van der Waals surface area (Å²) in [6.45, 7) is 9.83. The number of amides is 1. The molecule has 24 heavy (non-hydrogen) atoms. The number of rotatable bonds is 7. The molecule has 0 spiro atoms. The van der Waals surface area contributed by atoms with Crippen LogP contribution in [0, 0.1) is 11.8 Å². The Kier molecular flexibility index (Phi) is 5.90. The van der Waals surface area contributed by atoms with Crippen LogP contribution in [0.4, 0.5) is 5.69 Å². The highest BCUT2D eigenvalue weighted by molar-refractivity contribution is 5.91. The molecule has 1 aromatic rings. The van der Waals surface area contributed by atoms with E-state index in [-0.39, 0.29) is 5.91 Å². The number of nitrogens with zero attached hydrogens (tertiary/aromatic N) is 1. The predicted molar refractivity (Wildman–Crippen MR) is 98.9 cm³/mol. The highest BCUT2D eigenvalue weighted by Gasteiger charge is 2.22. The van der Waals surface area contributed by atoms with Crippen molar-refractivity contribution in [1.82, 2.24) is 10.2 Å². The van der Waals surface area contributed by atoms with E-state index < -0.39 is 0 Å². The fraction of sp³-hybridized carbons (Fsp3) is 0.650. The lowest BCUT2D eigenvalue weighted by atomic mass is 10.0. The standard InChI is InChI=1S/C20H31N3O/c1-15(2)9-11-23-13-17-4-3-5-19(18(17)14-23)22-20(24)7-6-16-8-10-21-12-16/h3-5,15-16,21H,6-14H2,1-2H3,(H,22,24). The Hall–Kier alpha value is -1.39. The number of benzene rings is 1. The van der Waals surface area contributed by atoms with Gasteiger partial charge in [-0.05, 0) is 67.9 Å². The largest absolute Gasteiger partial charge is 0.326 e. The van der Waals surface area contributed by atoms with Gasteiger partial charge in [0.2, 0.25) is 5.91 Å². The molecule has 1 saturated heterocycles. The van der Waals surface area contributed by atoms with Crippen LogP contribution in [0.5, 0.6) is 0 Å². The van der Waals surface area contributed by atoms with Crippen LogP contribution in [-0.2, 0) is 17.9 Å². The second kappa shape index (κ2) is 8.13. The van der Waals surface area contributed by atoms with Crippen LogP contribution in [0.25, 0.3) is 0 Å². The number of carbonyl (C=O) groups is 1. The highest BCUT2D eigenvalue weighted by Crippen LogP contribution is 2.30. The van der Waals surface area contributed by atoms with Crippen LogP contribution in [0.15, 0.2) is 18.2 Å². The van der Waals surface area contributed by atoms with Crippen molar-refractivity contribution in [2.24, 2.45) is 11.8 Å². The molecule has 132 valence electrons. The van der Waals surface area contributed by atoms with Crippen molar-refractivity contribution in [3.63, 3.8) is 0 Å². The summed E-state index contributed by atoms with van der Waals surface area (Å²) in [4.78, 5) is 14.8. The fourth-order valence-electron chi connectivity index (χ4n) is 3.71. The van der Waals surface area contributed by atoms with Gasteiger partial charge in [-0.25, -0.2) is 0 Å². The quantitative estimate of drug-likeness (QED) is 0.806. The summed E-state index contributed by atoms with van der Waals surface area (Å²) >= 11 is 0. The molecule has 2 aliphatic rings. The average molecular weight is 329 g/mol. The molecule has 0 bridgehead atoms. The zero-order valence-corrected chi connectivity index (χ0v) is 15.1. The molecule has 0 aliphatic carbocycles. The van der Waals surface area contributed by atoms with Crippen LogP contribution in [-0.4, -0.2) is 30.4 Å². The lowest BCUT2D eigenvalue weighted by Gasteiger charge is -2.16. The molecule has 0 aromatic heterocycles. The molecule has 1 fully saturated rings. The van der Waals surface area contributed by atoms with Gasteiger partial charge >= 0.3 is 0 Å². The van der Waals surface area contributed by atoms with Crippen molar-refractivity contribution in [1.29, 1.82) is 0 Å². The van der Waals surface area contributed by atoms with Gasteiger partial charge in [0.1, 0.15) is 0 Å². The summed E-state index contributed by atoms with van der Waals surface area (Å²) in [5, 5.41) is 6.53. The van der Waals surface area contributed by atoms with E-state index in [2.05, 4.69) is 47.6 Å². The van der Waals surface area contributed by atoms with Crippen LogP contribution >= 0.6 is 0 Å². The number of hydrogen-bond donors (Lipinski definition) is 2. The second-order valence-corrected chi connectivity index (χ2v) is 7.78. The van der Waals surface area contributed by atoms with Crippen LogP contribution < -0.4 is 10.6 Å². The molecule has 1 aromatic carbocycles. The van der Waals surface area contributed by atoms with E-state index in [1.807, 2.05) is 0 Å². The average Bonchev–Trinajstić information content (AvgIpc) is 3.20. The Morgan fingerprint density at radius 1 is 1.38 bits per heavy atom. The minimum Gasteiger partial charge on any atom is -0.326 e. The molecule has 4 nitrogen and oxygen atoms in total. The summed E-state index contributed by atoms with van der Waals surface area (Å²) in [5.74, 6) is 1.57. The third-order valence-electron chi connectivity index (χ3n) is 5.29. The first-order valence-corrected chi connectivity index (χ1v) is 9.45. The van der Waals surface area contributed by atoms with Crippen LogP contribution in [0.3, 0.4) is 0 Å².